The Morgan fingerprint density at radius 3 is 2.47 bits per heavy atom. The van der Waals surface area contributed by atoms with Crippen LogP contribution in [0, 0.1) is 0 Å². The summed E-state index contributed by atoms with van der Waals surface area (Å²) in [6.07, 6.45) is 4.50. The standard InChI is InChI=1S/C22H25Cl2N3O3/c1-13(2)26-9-10-27-17(25-20(29)19(28)18(27)21(26)30)12-22(7-3-4-8-22)14-5-6-15(23)16(24)11-14/h5-6,11,13,28H,3-4,7-10,12H2,1-2H3. The van der Waals surface area contributed by atoms with E-state index in [0.29, 0.717) is 35.4 Å². The van der Waals surface area contributed by atoms with Crippen molar-refractivity contribution in [3.63, 3.8) is 0 Å². The van der Waals surface area contributed by atoms with Crippen molar-refractivity contribution in [3.8, 4) is 5.75 Å². The molecule has 2 aliphatic rings. The second-order valence-corrected chi connectivity index (χ2v) is 9.38. The molecule has 2 heterocycles. The highest BCUT2D eigenvalue weighted by Gasteiger charge is 2.39. The van der Waals surface area contributed by atoms with Crippen molar-refractivity contribution in [2.45, 2.75) is 64.0 Å². The van der Waals surface area contributed by atoms with Gasteiger partial charge in [0.2, 0.25) is 5.75 Å². The molecule has 2 aromatic rings. The third-order valence-electron chi connectivity index (χ3n) is 6.48. The molecule has 1 amide bonds. The molecule has 6 nitrogen and oxygen atoms in total. The zero-order valence-corrected chi connectivity index (χ0v) is 18.6. The van der Waals surface area contributed by atoms with Gasteiger partial charge in [0.15, 0.2) is 5.69 Å². The third-order valence-corrected chi connectivity index (χ3v) is 7.22. The van der Waals surface area contributed by atoms with Gasteiger partial charge in [0, 0.05) is 31.0 Å². The van der Waals surface area contributed by atoms with Crippen molar-refractivity contribution in [2.24, 2.45) is 0 Å². The molecule has 1 saturated carbocycles. The summed E-state index contributed by atoms with van der Waals surface area (Å²) < 4.78 is 1.73. The number of benzene rings is 1. The molecule has 1 aromatic heterocycles. The Labute approximate surface area is 185 Å². The van der Waals surface area contributed by atoms with Gasteiger partial charge in [0.1, 0.15) is 5.82 Å². The summed E-state index contributed by atoms with van der Waals surface area (Å²) in [6.45, 7) is 4.85. The SMILES string of the molecule is CC(C)N1CCn2c(CC3(c4ccc(Cl)c(Cl)c4)CCCC3)nc(=O)c(O)c2C1=O. The van der Waals surface area contributed by atoms with Crippen LogP contribution in [0.2, 0.25) is 10.0 Å². The number of nitrogens with zero attached hydrogens (tertiary/aromatic N) is 3. The molecule has 1 aliphatic heterocycles. The first-order valence-corrected chi connectivity index (χ1v) is 11.1. The molecule has 0 saturated heterocycles. The third kappa shape index (κ3) is 3.50. The average Bonchev–Trinajstić information content (AvgIpc) is 3.17. The number of carbonyl (C=O) groups excluding carboxylic acids is 1. The van der Waals surface area contributed by atoms with E-state index >= 15 is 0 Å². The van der Waals surface area contributed by atoms with Crippen molar-refractivity contribution in [2.75, 3.05) is 6.54 Å². The minimum atomic E-state index is -0.752. The molecule has 0 radical (unpaired) electrons. The first kappa shape index (κ1) is 21.2. The summed E-state index contributed by atoms with van der Waals surface area (Å²) in [6, 6.07) is 5.67. The Balaban J connectivity index is 1.81. The van der Waals surface area contributed by atoms with Gasteiger partial charge in [-0.15, -0.1) is 0 Å². The number of amides is 1. The Bertz CT molecular complexity index is 1060. The summed E-state index contributed by atoms with van der Waals surface area (Å²) in [5, 5.41) is 11.4. The summed E-state index contributed by atoms with van der Waals surface area (Å²) in [7, 11) is 0. The van der Waals surface area contributed by atoms with E-state index in [1.807, 2.05) is 26.0 Å². The van der Waals surface area contributed by atoms with Crippen molar-refractivity contribution in [1.29, 1.82) is 0 Å². The van der Waals surface area contributed by atoms with E-state index in [0.717, 1.165) is 31.2 Å². The Morgan fingerprint density at radius 1 is 1.13 bits per heavy atom. The fourth-order valence-electron chi connectivity index (χ4n) is 4.87. The van der Waals surface area contributed by atoms with Gasteiger partial charge in [0.05, 0.1) is 10.0 Å². The zero-order valence-electron chi connectivity index (χ0n) is 17.1. The average molecular weight is 450 g/mol. The number of hydrogen-bond donors (Lipinski definition) is 1. The summed E-state index contributed by atoms with van der Waals surface area (Å²) in [4.78, 5) is 31.3. The molecular weight excluding hydrogens is 425 g/mol. The first-order chi connectivity index (χ1) is 14.2. The molecule has 30 heavy (non-hydrogen) atoms. The summed E-state index contributed by atoms with van der Waals surface area (Å²) >= 11 is 12.4. The molecule has 8 heteroatoms. The fourth-order valence-corrected chi connectivity index (χ4v) is 5.17. The predicted octanol–water partition coefficient (Wildman–Crippen LogP) is 4.17. The second kappa shape index (κ2) is 7.89. The van der Waals surface area contributed by atoms with E-state index in [-0.39, 0.29) is 23.1 Å². The monoisotopic (exact) mass is 449 g/mol. The van der Waals surface area contributed by atoms with Crippen LogP contribution in [0.4, 0.5) is 0 Å². The van der Waals surface area contributed by atoms with Crippen LogP contribution in [0.5, 0.6) is 5.75 Å². The van der Waals surface area contributed by atoms with Crippen molar-refractivity contribution in [3.05, 3.63) is 55.7 Å². The lowest BCUT2D eigenvalue weighted by Gasteiger charge is -2.36. The highest BCUT2D eigenvalue weighted by molar-refractivity contribution is 6.42. The molecule has 0 atom stereocenters. The van der Waals surface area contributed by atoms with E-state index < -0.39 is 11.3 Å². The summed E-state index contributed by atoms with van der Waals surface area (Å²) in [5.41, 5.74) is 0.130. The zero-order chi connectivity index (χ0) is 21.6. The maximum absolute atomic E-state index is 13.0. The normalized spacial score (nSPS) is 18.2. The highest BCUT2D eigenvalue weighted by atomic mass is 35.5. The Hall–Kier alpha value is -2.05. The van der Waals surface area contributed by atoms with Crippen LogP contribution in [0.15, 0.2) is 23.0 Å². The van der Waals surface area contributed by atoms with E-state index in [4.69, 9.17) is 23.2 Å². The number of aromatic hydroxyl groups is 1. The lowest BCUT2D eigenvalue weighted by atomic mass is 9.75. The molecule has 1 aromatic carbocycles. The number of rotatable bonds is 4. The van der Waals surface area contributed by atoms with E-state index in [1.165, 1.54) is 0 Å². The minimum absolute atomic E-state index is 0.0187. The number of halogens is 2. The van der Waals surface area contributed by atoms with Gasteiger partial charge < -0.3 is 14.6 Å². The highest BCUT2D eigenvalue weighted by Crippen LogP contribution is 2.45. The van der Waals surface area contributed by atoms with E-state index in [1.54, 1.807) is 15.5 Å². The van der Waals surface area contributed by atoms with Crippen LogP contribution in [0.3, 0.4) is 0 Å². The molecular formula is C22H25Cl2N3O3. The van der Waals surface area contributed by atoms with Gasteiger partial charge in [-0.2, -0.15) is 4.98 Å². The van der Waals surface area contributed by atoms with Crippen LogP contribution < -0.4 is 5.56 Å². The molecule has 1 aliphatic carbocycles. The lowest BCUT2D eigenvalue weighted by molar-refractivity contribution is 0.0636. The maximum atomic E-state index is 13.0. The van der Waals surface area contributed by atoms with Gasteiger partial charge in [-0.1, -0.05) is 42.1 Å². The quantitative estimate of drug-likeness (QED) is 0.759. The van der Waals surface area contributed by atoms with Crippen molar-refractivity contribution < 1.29 is 9.90 Å². The van der Waals surface area contributed by atoms with Gasteiger partial charge in [-0.3, -0.25) is 9.59 Å². The Morgan fingerprint density at radius 2 is 1.83 bits per heavy atom. The summed E-state index contributed by atoms with van der Waals surface area (Å²) in [5.74, 6) is -0.355. The molecule has 1 N–H and O–H groups in total. The molecule has 0 unspecified atom stereocenters. The smallest absolute Gasteiger partial charge is 0.315 e. The van der Waals surface area contributed by atoms with Crippen LogP contribution in [0.25, 0.3) is 0 Å². The van der Waals surface area contributed by atoms with Gasteiger partial charge >= 0.3 is 5.56 Å². The van der Waals surface area contributed by atoms with Crippen molar-refractivity contribution >= 4 is 29.1 Å². The number of carbonyl (C=O) groups is 1. The minimum Gasteiger partial charge on any atom is -0.501 e. The van der Waals surface area contributed by atoms with Crippen LogP contribution >= 0.6 is 23.2 Å². The molecule has 0 spiro atoms. The molecule has 1 fully saturated rings. The van der Waals surface area contributed by atoms with Gasteiger partial charge in [-0.25, -0.2) is 0 Å². The van der Waals surface area contributed by atoms with Gasteiger partial charge in [-0.05, 0) is 44.4 Å². The lowest BCUT2D eigenvalue weighted by Crippen LogP contribution is -2.46. The maximum Gasteiger partial charge on any atom is 0.315 e. The topological polar surface area (TPSA) is 75.4 Å². The van der Waals surface area contributed by atoms with Crippen LogP contribution in [-0.2, 0) is 18.4 Å². The van der Waals surface area contributed by atoms with E-state index in [2.05, 4.69) is 4.98 Å². The van der Waals surface area contributed by atoms with Crippen LogP contribution in [-0.4, -0.2) is 38.1 Å². The van der Waals surface area contributed by atoms with Crippen molar-refractivity contribution in [1.82, 2.24) is 14.5 Å². The number of hydrogen-bond acceptors (Lipinski definition) is 4. The second-order valence-electron chi connectivity index (χ2n) is 8.57. The predicted molar refractivity (Wildman–Crippen MR) is 117 cm³/mol. The van der Waals surface area contributed by atoms with Gasteiger partial charge in [0.25, 0.3) is 5.91 Å². The molecule has 160 valence electrons. The first-order valence-electron chi connectivity index (χ1n) is 10.3. The van der Waals surface area contributed by atoms with E-state index in [9.17, 15) is 14.7 Å². The van der Waals surface area contributed by atoms with Crippen LogP contribution in [0.1, 0.15) is 61.4 Å². The molecule has 4 rings (SSSR count). The number of aromatic nitrogens is 2. The largest absolute Gasteiger partial charge is 0.501 e. The molecule has 0 bridgehead atoms. The Kier molecular flexibility index (Phi) is 5.58. The fraction of sp³-hybridized carbons (Fsp3) is 0.500. The number of fused-ring (bicyclic) bond motifs is 1.